The molecular weight excluding hydrogens is 182 g/mol. The van der Waals surface area contributed by atoms with Gasteiger partial charge in [0.15, 0.2) is 0 Å². The number of benzene rings is 1. The number of nitrogens with one attached hydrogen (secondary N) is 1. The number of hydrogen-bond acceptors (Lipinski definition) is 3. The molecule has 0 spiro atoms. The van der Waals surface area contributed by atoms with E-state index in [0.717, 1.165) is 0 Å². The zero-order valence-electron chi connectivity index (χ0n) is 6.98. The predicted molar refractivity (Wildman–Crippen MR) is 47.8 cm³/mol. The van der Waals surface area contributed by atoms with Crippen molar-refractivity contribution in [2.75, 3.05) is 0 Å². The molecule has 0 saturated carbocycles. The second-order valence-electron chi connectivity index (χ2n) is 2.70. The SMILES string of the molecule is N#Cc1ccc(C(=O)O)c2nc[nH]c12. The van der Waals surface area contributed by atoms with Crippen molar-refractivity contribution in [2.45, 2.75) is 0 Å². The van der Waals surface area contributed by atoms with Gasteiger partial charge in [0.1, 0.15) is 11.6 Å². The number of aromatic nitrogens is 2. The maximum atomic E-state index is 10.8. The first-order valence-corrected chi connectivity index (χ1v) is 3.83. The second kappa shape index (κ2) is 2.85. The Morgan fingerprint density at radius 1 is 1.57 bits per heavy atom. The van der Waals surface area contributed by atoms with Crippen LogP contribution in [0.3, 0.4) is 0 Å². The number of H-pyrrole nitrogens is 1. The maximum Gasteiger partial charge on any atom is 0.337 e. The first kappa shape index (κ1) is 8.26. The van der Waals surface area contributed by atoms with Gasteiger partial charge in [-0.1, -0.05) is 0 Å². The quantitative estimate of drug-likeness (QED) is 0.700. The van der Waals surface area contributed by atoms with E-state index in [4.69, 9.17) is 10.4 Å². The van der Waals surface area contributed by atoms with Gasteiger partial charge >= 0.3 is 5.97 Å². The Bertz CT molecular complexity index is 551. The molecule has 0 aliphatic carbocycles. The lowest BCUT2D eigenvalue weighted by Gasteiger charge is -1.96. The fourth-order valence-electron chi connectivity index (χ4n) is 1.30. The van der Waals surface area contributed by atoms with Gasteiger partial charge in [-0.3, -0.25) is 0 Å². The van der Waals surface area contributed by atoms with E-state index in [9.17, 15) is 4.79 Å². The molecule has 2 rings (SSSR count). The normalized spacial score (nSPS) is 9.93. The summed E-state index contributed by atoms with van der Waals surface area (Å²) in [5.41, 5.74) is 1.27. The van der Waals surface area contributed by atoms with Crippen LogP contribution in [-0.4, -0.2) is 21.0 Å². The van der Waals surface area contributed by atoms with Gasteiger partial charge in [-0.05, 0) is 12.1 Å². The number of hydrogen-bond donors (Lipinski definition) is 2. The summed E-state index contributed by atoms with van der Waals surface area (Å²) in [6.07, 6.45) is 1.37. The van der Waals surface area contributed by atoms with Gasteiger partial charge in [-0.25, -0.2) is 9.78 Å². The Labute approximate surface area is 78.6 Å². The van der Waals surface area contributed by atoms with Crippen molar-refractivity contribution >= 4 is 17.0 Å². The van der Waals surface area contributed by atoms with Crippen LogP contribution in [0.15, 0.2) is 18.5 Å². The number of carboxylic acids is 1. The summed E-state index contributed by atoms with van der Waals surface area (Å²) in [5, 5.41) is 17.6. The van der Waals surface area contributed by atoms with E-state index in [0.29, 0.717) is 16.6 Å². The fourth-order valence-corrected chi connectivity index (χ4v) is 1.30. The van der Waals surface area contributed by atoms with E-state index in [1.807, 2.05) is 6.07 Å². The summed E-state index contributed by atoms with van der Waals surface area (Å²) in [6.45, 7) is 0. The number of aromatic carboxylic acids is 1. The van der Waals surface area contributed by atoms with Crippen molar-refractivity contribution in [3.8, 4) is 6.07 Å². The molecule has 1 heterocycles. The number of imidazole rings is 1. The highest BCUT2D eigenvalue weighted by Gasteiger charge is 2.12. The second-order valence-corrected chi connectivity index (χ2v) is 2.70. The molecule has 2 aromatic rings. The smallest absolute Gasteiger partial charge is 0.337 e. The van der Waals surface area contributed by atoms with E-state index < -0.39 is 5.97 Å². The zero-order valence-corrected chi connectivity index (χ0v) is 6.98. The predicted octanol–water partition coefficient (Wildman–Crippen LogP) is 1.13. The molecule has 0 saturated heterocycles. The molecule has 14 heavy (non-hydrogen) atoms. The van der Waals surface area contributed by atoms with Crippen LogP contribution in [0.4, 0.5) is 0 Å². The number of nitriles is 1. The molecule has 0 fully saturated rings. The van der Waals surface area contributed by atoms with E-state index >= 15 is 0 Å². The standard InChI is InChI=1S/C9H5N3O2/c10-3-5-1-2-6(9(13)14)8-7(5)11-4-12-8/h1-2,4H,(H,11,12)(H,13,14). The van der Waals surface area contributed by atoms with Crippen LogP contribution >= 0.6 is 0 Å². The number of nitrogens with zero attached hydrogens (tertiary/aromatic N) is 2. The van der Waals surface area contributed by atoms with Gasteiger partial charge in [-0.2, -0.15) is 5.26 Å². The van der Waals surface area contributed by atoms with Crippen LogP contribution in [-0.2, 0) is 0 Å². The lowest BCUT2D eigenvalue weighted by atomic mass is 10.1. The number of carboxylic acid groups (broad SMARTS) is 1. The molecule has 0 aliphatic rings. The highest BCUT2D eigenvalue weighted by atomic mass is 16.4. The minimum atomic E-state index is -1.05. The molecule has 5 heteroatoms. The van der Waals surface area contributed by atoms with Crippen LogP contribution in [0.5, 0.6) is 0 Å². The van der Waals surface area contributed by atoms with E-state index in [-0.39, 0.29) is 5.56 Å². The van der Waals surface area contributed by atoms with Gasteiger partial charge in [0.05, 0.1) is 23.0 Å². The maximum absolute atomic E-state index is 10.8. The van der Waals surface area contributed by atoms with Gasteiger partial charge in [0.25, 0.3) is 0 Å². The first-order valence-electron chi connectivity index (χ1n) is 3.83. The molecule has 0 aliphatic heterocycles. The molecule has 68 valence electrons. The minimum Gasteiger partial charge on any atom is -0.478 e. The summed E-state index contributed by atoms with van der Waals surface area (Å²) in [4.78, 5) is 17.4. The summed E-state index contributed by atoms with van der Waals surface area (Å²) in [6, 6.07) is 4.80. The minimum absolute atomic E-state index is 0.0975. The van der Waals surface area contributed by atoms with Crippen molar-refractivity contribution in [3.05, 3.63) is 29.6 Å². The molecule has 2 N–H and O–H groups in total. The molecule has 0 unspecified atom stereocenters. The third-order valence-corrected chi connectivity index (χ3v) is 1.93. The largest absolute Gasteiger partial charge is 0.478 e. The molecule has 5 nitrogen and oxygen atoms in total. The van der Waals surface area contributed by atoms with Gasteiger partial charge in [0.2, 0.25) is 0 Å². The van der Waals surface area contributed by atoms with Crippen molar-refractivity contribution in [2.24, 2.45) is 0 Å². The molecule has 0 bridgehead atoms. The summed E-state index contributed by atoms with van der Waals surface area (Å²) < 4.78 is 0. The van der Waals surface area contributed by atoms with E-state index in [2.05, 4.69) is 9.97 Å². The Balaban J connectivity index is 2.87. The first-order chi connectivity index (χ1) is 6.74. The van der Waals surface area contributed by atoms with Gasteiger partial charge in [0, 0.05) is 0 Å². The van der Waals surface area contributed by atoms with Crippen molar-refractivity contribution < 1.29 is 9.90 Å². The van der Waals surface area contributed by atoms with Crippen molar-refractivity contribution in [3.63, 3.8) is 0 Å². The molecule has 1 aromatic carbocycles. The van der Waals surface area contributed by atoms with Crippen molar-refractivity contribution in [1.82, 2.24) is 9.97 Å². The number of rotatable bonds is 1. The van der Waals surface area contributed by atoms with Crippen LogP contribution in [0.2, 0.25) is 0 Å². The highest BCUT2D eigenvalue weighted by molar-refractivity contribution is 6.02. The molecule has 0 atom stereocenters. The fraction of sp³-hybridized carbons (Fsp3) is 0. The Morgan fingerprint density at radius 2 is 2.36 bits per heavy atom. The molecule has 0 radical (unpaired) electrons. The van der Waals surface area contributed by atoms with Crippen LogP contribution in [0, 0.1) is 11.3 Å². The topological polar surface area (TPSA) is 89.8 Å². The summed E-state index contributed by atoms with van der Waals surface area (Å²) in [7, 11) is 0. The number of aromatic amines is 1. The lowest BCUT2D eigenvalue weighted by molar-refractivity contribution is 0.0699. The monoisotopic (exact) mass is 187 g/mol. The Morgan fingerprint density at radius 3 is 3.00 bits per heavy atom. The highest BCUT2D eigenvalue weighted by Crippen LogP contribution is 2.18. The van der Waals surface area contributed by atoms with Crippen LogP contribution in [0.1, 0.15) is 15.9 Å². The van der Waals surface area contributed by atoms with E-state index in [1.165, 1.54) is 18.5 Å². The average molecular weight is 187 g/mol. The Hall–Kier alpha value is -2.35. The summed E-state index contributed by atoms with van der Waals surface area (Å²) >= 11 is 0. The summed E-state index contributed by atoms with van der Waals surface area (Å²) in [5.74, 6) is -1.05. The molecule has 1 aromatic heterocycles. The van der Waals surface area contributed by atoms with Gasteiger partial charge < -0.3 is 10.1 Å². The van der Waals surface area contributed by atoms with Crippen LogP contribution in [0.25, 0.3) is 11.0 Å². The third kappa shape index (κ3) is 1.02. The van der Waals surface area contributed by atoms with Crippen molar-refractivity contribution in [1.29, 1.82) is 5.26 Å². The van der Waals surface area contributed by atoms with Crippen LogP contribution < -0.4 is 0 Å². The number of fused-ring (bicyclic) bond motifs is 1. The van der Waals surface area contributed by atoms with Gasteiger partial charge in [-0.15, -0.1) is 0 Å². The number of carbonyl (C=O) groups is 1. The molecular formula is C9H5N3O2. The molecule has 0 amide bonds. The average Bonchev–Trinajstić information content (AvgIpc) is 2.64. The zero-order chi connectivity index (χ0) is 10.1. The third-order valence-electron chi connectivity index (χ3n) is 1.93. The lowest BCUT2D eigenvalue weighted by Crippen LogP contribution is -1.98. The van der Waals surface area contributed by atoms with E-state index in [1.54, 1.807) is 0 Å². The Kier molecular flexibility index (Phi) is 1.68.